The van der Waals surface area contributed by atoms with Crippen molar-refractivity contribution in [2.24, 2.45) is 0 Å². The highest BCUT2D eigenvalue weighted by Gasteiger charge is 2.06. The Labute approximate surface area is 85.0 Å². The molecule has 0 aromatic heterocycles. The molecule has 0 heterocycles. The summed E-state index contributed by atoms with van der Waals surface area (Å²) in [5, 5.41) is 9.54. The number of benzene rings is 1. The van der Waals surface area contributed by atoms with Gasteiger partial charge >= 0.3 is 0 Å². The van der Waals surface area contributed by atoms with E-state index in [1.807, 2.05) is 0 Å². The summed E-state index contributed by atoms with van der Waals surface area (Å²) in [6.07, 6.45) is 2.97. The molecule has 1 rings (SSSR count). The van der Waals surface area contributed by atoms with Crippen LogP contribution in [0.4, 0.5) is 0 Å². The van der Waals surface area contributed by atoms with E-state index in [-0.39, 0.29) is 5.75 Å². The average Bonchev–Trinajstić information content (AvgIpc) is 2.13. The highest BCUT2D eigenvalue weighted by atomic mass is 79.9. The van der Waals surface area contributed by atoms with Crippen LogP contribution in [0.15, 0.2) is 29.3 Å². The zero-order valence-corrected chi connectivity index (χ0v) is 8.54. The van der Waals surface area contributed by atoms with Gasteiger partial charge in [-0.2, -0.15) is 0 Å². The SMILES string of the molecule is C=CCc1cc(C=O)cc(Br)c1O. The Morgan fingerprint density at radius 3 is 2.77 bits per heavy atom. The number of phenolic OH excluding ortho intramolecular Hbond substituents is 1. The Hall–Kier alpha value is -1.09. The van der Waals surface area contributed by atoms with Crippen LogP contribution in [-0.2, 0) is 6.42 Å². The van der Waals surface area contributed by atoms with Crippen LogP contribution in [0.1, 0.15) is 15.9 Å². The number of aromatic hydroxyl groups is 1. The molecule has 0 aliphatic heterocycles. The number of allylic oxidation sites excluding steroid dienone is 1. The van der Waals surface area contributed by atoms with E-state index in [0.29, 0.717) is 22.0 Å². The van der Waals surface area contributed by atoms with Crippen molar-refractivity contribution < 1.29 is 9.90 Å². The fraction of sp³-hybridized carbons (Fsp3) is 0.100. The van der Waals surface area contributed by atoms with E-state index in [2.05, 4.69) is 22.5 Å². The van der Waals surface area contributed by atoms with Gasteiger partial charge in [0.25, 0.3) is 0 Å². The quantitative estimate of drug-likeness (QED) is 0.652. The number of rotatable bonds is 3. The zero-order valence-electron chi connectivity index (χ0n) is 6.96. The first-order chi connectivity index (χ1) is 6.19. The molecule has 1 N–H and O–H groups in total. The molecule has 2 nitrogen and oxygen atoms in total. The first kappa shape index (κ1) is 9.99. The Morgan fingerprint density at radius 2 is 2.23 bits per heavy atom. The normalized spacial score (nSPS) is 9.62. The van der Waals surface area contributed by atoms with Crippen LogP contribution in [-0.4, -0.2) is 11.4 Å². The number of carbonyl (C=O) groups is 1. The number of phenols is 1. The largest absolute Gasteiger partial charge is 0.506 e. The van der Waals surface area contributed by atoms with Gasteiger partial charge in [0.15, 0.2) is 0 Å². The summed E-state index contributed by atoms with van der Waals surface area (Å²) in [4.78, 5) is 10.5. The highest BCUT2D eigenvalue weighted by Crippen LogP contribution is 2.29. The number of halogens is 1. The Morgan fingerprint density at radius 1 is 1.54 bits per heavy atom. The van der Waals surface area contributed by atoms with Crippen LogP contribution in [0.2, 0.25) is 0 Å². The third-order valence-electron chi connectivity index (χ3n) is 1.67. The number of hydrogen-bond acceptors (Lipinski definition) is 2. The van der Waals surface area contributed by atoms with Crippen LogP contribution in [0.5, 0.6) is 5.75 Å². The zero-order chi connectivity index (χ0) is 9.84. The van der Waals surface area contributed by atoms with Gasteiger partial charge in [-0.05, 0) is 40.0 Å². The van der Waals surface area contributed by atoms with Crippen molar-refractivity contribution in [2.45, 2.75) is 6.42 Å². The van der Waals surface area contributed by atoms with Gasteiger partial charge in [0.1, 0.15) is 12.0 Å². The van der Waals surface area contributed by atoms with E-state index in [4.69, 9.17) is 0 Å². The predicted molar refractivity (Wildman–Crippen MR) is 55.1 cm³/mol. The molecule has 0 saturated heterocycles. The second kappa shape index (κ2) is 4.23. The van der Waals surface area contributed by atoms with Crippen molar-refractivity contribution >= 4 is 22.2 Å². The molecule has 0 saturated carbocycles. The molecule has 0 unspecified atom stereocenters. The second-order valence-electron chi connectivity index (χ2n) is 2.62. The van der Waals surface area contributed by atoms with E-state index in [9.17, 15) is 9.90 Å². The maximum Gasteiger partial charge on any atom is 0.150 e. The van der Waals surface area contributed by atoms with Gasteiger partial charge in [-0.15, -0.1) is 6.58 Å². The summed E-state index contributed by atoms with van der Waals surface area (Å²) in [6, 6.07) is 3.23. The Bertz CT molecular complexity index is 345. The molecule has 1 aromatic rings. The molecule has 0 amide bonds. The van der Waals surface area contributed by atoms with Crippen LogP contribution in [0.3, 0.4) is 0 Å². The van der Waals surface area contributed by atoms with E-state index in [0.717, 1.165) is 6.29 Å². The van der Waals surface area contributed by atoms with Gasteiger partial charge in [0, 0.05) is 5.56 Å². The molecule has 0 fully saturated rings. The molecule has 3 heteroatoms. The lowest BCUT2D eigenvalue weighted by Gasteiger charge is -2.04. The van der Waals surface area contributed by atoms with Crippen molar-refractivity contribution in [1.29, 1.82) is 0 Å². The van der Waals surface area contributed by atoms with Crippen molar-refractivity contribution in [3.05, 3.63) is 40.4 Å². The second-order valence-corrected chi connectivity index (χ2v) is 3.48. The third kappa shape index (κ3) is 2.18. The van der Waals surface area contributed by atoms with Crippen LogP contribution in [0.25, 0.3) is 0 Å². The minimum absolute atomic E-state index is 0.172. The average molecular weight is 241 g/mol. The lowest BCUT2D eigenvalue weighted by Crippen LogP contribution is -1.88. The molecular formula is C10H9BrO2. The smallest absolute Gasteiger partial charge is 0.150 e. The van der Waals surface area contributed by atoms with E-state index < -0.39 is 0 Å². The topological polar surface area (TPSA) is 37.3 Å². The number of carbonyl (C=O) groups excluding carboxylic acids is 1. The van der Waals surface area contributed by atoms with E-state index >= 15 is 0 Å². The molecular weight excluding hydrogens is 232 g/mol. The minimum atomic E-state index is 0.172. The summed E-state index contributed by atoms with van der Waals surface area (Å²) in [7, 11) is 0. The van der Waals surface area contributed by atoms with Gasteiger partial charge in [-0.25, -0.2) is 0 Å². The lowest BCUT2D eigenvalue weighted by atomic mass is 10.1. The fourth-order valence-corrected chi connectivity index (χ4v) is 1.58. The van der Waals surface area contributed by atoms with Gasteiger partial charge < -0.3 is 5.11 Å². The molecule has 0 aliphatic rings. The van der Waals surface area contributed by atoms with Crippen LogP contribution in [0, 0.1) is 0 Å². The molecule has 68 valence electrons. The monoisotopic (exact) mass is 240 g/mol. The maximum absolute atomic E-state index is 10.5. The summed E-state index contributed by atoms with van der Waals surface area (Å²) >= 11 is 3.16. The van der Waals surface area contributed by atoms with Crippen molar-refractivity contribution in [3.63, 3.8) is 0 Å². The maximum atomic E-state index is 10.5. The summed E-state index contributed by atoms with van der Waals surface area (Å²) in [5.41, 5.74) is 1.24. The molecule has 0 aliphatic carbocycles. The van der Waals surface area contributed by atoms with Crippen LogP contribution < -0.4 is 0 Å². The number of aldehydes is 1. The Kier molecular flexibility index (Phi) is 3.25. The summed E-state index contributed by atoms with van der Waals surface area (Å²) in [6.45, 7) is 3.57. The fourth-order valence-electron chi connectivity index (χ4n) is 1.06. The first-order valence-electron chi connectivity index (χ1n) is 3.76. The lowest BCUT2D eigenvalue weighted by molar-refractivity contribution is 0.112. The minimum Gasteiger partial charge on any atom is -0.506 e. The molecule has 0 spiro atoms. The highest BCUT2D eigenvalue weighted by molar-refractivity contribution is 9.10. The molecule has 13 heavy (non-hydrogen) atoms. The standard InChI is InChI=1S/C10H9BrO2/c1-2-3-8-4-7(6-12)5-9(11)10(8)13/h2,4-6,13H,1,3H2. The summed E-state index contributed by atoms with van der Waals surface area (Å²) < 4.78 is 0.536. The number of hydrogen-bond donors (Lipinski definition) is 1. The van der Waals surface area contributed by atoms with Crippen molar-refractivity contribution in [1.82, 2.24) is 0 Å². The van der Waals surface area contributed by atoms with Gasteiger partial charge in [-0.1, -0.05) is 6.08 Å². The Balaban J connectivity index is 3.23. The molecule has 0 bridgehead atoms. The first-order valence-corrected chi connectivity index (χ1v) is 4.55. The van der Waals surface area contributed by atoms with Crippen molar-refractivity contribution in [3.8, 4) is 5.75 Å². The van der Waals surface area contributed by atoms with Gasteiger partial charge in [-0.3, -0.25) is 4.79 Å². The van der Waals surface area contributed by atoms with Crippen LogP contribution >= 0.6 is 15.9 Å². The predicted octanol–water partition coefficient (Wildman–Crippen LogP) is 2.70. The molecule has 0 radical (unpaired) electrons. The molecule has 1 aromatic carbocycles. The van der Waals surface area contributed by atoms with Gasteiger partial charge in [0.2, 0.25) is 0 Å². The summed E-state index contributed by atoms with van der Waals surface area (Å²) in [5.74, 6) is 0.172. The van der Waals surface area contributed by atoms with E-state index in [1.165, 1.54) is 0 Å². The van der Waals surface area contributed by atoms with Gasteiger partial charge in [0.05, 0.1) is 4.47 Å². The van der Waals surface area contributed by atoms with E-state index in [1.54, 1.807) is 18.2 Å². The van der Waals surface area contributed by atoms with Crippen molar-refractivity contribution in [2.75, 3.05) is 0 Å². The third-order valence-corrected chi connectivity index (χ3v) is 2.27. The molecule has 0 atom stereocenters.